The van der Waals surface area contributed by atoms with Crippen LogP contribution in [0.3, 0.4) is 0 Å². The van der Waals surface area contributed by atoms with Crippen LogP contribution in [0.4, 0.5) is 20.6 Å². The van der Waals surface area contributed by atoms with Crippen molar-refractivity contribution in [1.29, 1.82) is 0 Å². The Morgan fingerprint density at radius 3 is 2.61 bits per heavy atom. The van der Waals surface area contributed by atoms with Gasteiger partial charge in [-0.25, -0.2) is 19.9 Å². The lowest BCUT2D eigenvalue weighted by Gasteiger charge is -2.35. The summed E-state index contributed by atoms with van der Waals surface area (Å²) >= 11 is 0. The number of nitrogens with two attached hydrogens (primary N) is 2. The molecule has 2 rings (SSSR count). The number of aliphatic hydroxyl groups is 1. The number of hydrogen-bond acceptors (Lipinski definition) is 8. The molecule has 9 nitrogen and oxygen atoms in total. The molecule has 0 radical (unpaired) electrons. The van der Waals surface area contributed by atoms with Gasteiger partial charge in [-0.1, -0.05) is 0 Å². The summed E-state index contributed by atoms with van der Waals surface area (Å²) in [7, 11) is 0. The van der Waals surface area contributed by atoms with Crippen LogP contribution in [-0.4, -0.2) is 53.8 Å². The Balaban J connectivity index is 2.09. The number of ether oxygens (including phenoxy) is 1. The van der Waals surface area contributed by atoms with Crippen LogP contribution in [0.2, 0.25) is 0 Å². The van der Waals surface area contributed by atoms with Gasteiger partial charge >= 0.3 is 6.09 Å². The Kier molecular flexibility index (Phi) is 6.47. The van der Waals surface area contributed by atoms with Crippen LogP contribution in [0.5, 0.6) is 0 Å². The number of rotatable bonds is 4. The van der Waals surface area contributed by atoms with Gasteiger partial charge in [-0.15, -0.1) is 0 Å². The summed E-state index contributed by atoms with van der Waals surface area (Å²) in [5.41, 5.74) is 5.44. The molecule has 1 saturated heterocycles. The third-order valence-corrected chi connectivity index (χ3v) is 3.89. The molecule has 1 aliphatic heterocycles. The second-order valence-corrected chi connectivity index (χ2v) is 7.35. The van der Waals surface area contributed by atoms with Crippen LogP contribution >= 0.6 is 0 Å². The minimum absolute atomic E-state index is 0.0910. The largest absolute Gasteiger partial charge is 0.443 e. The summed E-state index contributed by atoms with van der Waals surface area (Å²) in [5.74, 6) is 4.72. The van der Waals surface area contributed by atoms with Crippen molar-refractivity contribution in [3.05, 3.63) is 35.9 Å². The number of anilines is 2. The molecular formula is C18H26FN5O4. The minimum Gasteiger partial charge on any atom is -0.443 e. The molecule has 0 atom stereocenters. The summed E-state index contributed by atoms with van der Waals surface area (Å²) in [6, 6.07) is 4.25. The Morgan fingerprint density at radius 2 is 2.07 bits per heavy atom. The SMILES string of the molecule is CC(C)(C)OC(=O)N1CCN(c2ccc(N(N)/C=C(\N)CO)cc2F)CC1=O. The Bertz CT molecular complexity index is 778. The summed E-state index contributed by atoms with van der Waals surface area (Å²) in [6.07, 6.45) is 0.567. The molecule has 0 saturated carbocycles. The van der Waals surface area contributed by atoms with E-state index in [9.17, 15) is 14.0 Å². The van der Waals surface area contributed by atoms with Crippen LogP contribution in [0, 0.1) is 5.82 Å². The van der Waals surface area contributed by atoms with Gasteiger partial charge in [0.05, 0.1) is 30.2 Å². The van der Waals surface area contributed by atoms with E-state index in [0.717, 1.165) is 9.91 Å². The van der Waals surface area contributed by atoms with E-state index in [1.807, 2.05) is 0 Å². The molecule has 1 aromatic rings. The first-order chi connectivity index (χ1) is 13.0. The Labute approximate surface area is 162 Å². The molecule has 154 valence electrons. The topological polar surface area (TPSA) is 125 Å². The van der Waals surface area contributed by atoms with Crippen molar-refractivity contribution < 1.29 is 23.8 Å². The molecule has 2 amide bonds. The molecule has 0 bridgehead atoms. The fourth-order valence-electron chi connectivity index (χ4n) is 2.60. The molecule has 0 spiro atoms. The molecule has 1 fully saturated rings. The van der Waals surface area contributed by atoms with E-state index < -0.39 is 23.4 Å². The quantitative estimate of drug-likeness (QED) is 0.507. The number of carbonyl (C=O) groups is 2. The molecule has 1 aliphatic rings. The molecule has 5 N–H and O–H groups in total. The van der Waals surface area contributed by atoms with Crippen LogP contribution in [0.15, 0.2) is 30.1 Å². The van der Waals surface area contributed by atoms with Crippen LogP contribution in [0.25, 0.3) is 0 Å². The van der Waals surface area contributed by atoms with Gasteiger partial charge in [-0.3, -0.25) is 9.80 Å². The van der Waals surface area contributed by atoms with Gasteiger partial charge in [0.2, 0.25) is 0 Å². The maximum Gasteiger partial charge on any atom is 0.417 e. The zero-order valence-corrected chi connectivity index (χ0v) is 16.2. The van der Waals surface area contributed by atoms with Crippen molar-refractivity contribution in [2.24, 2.45) is 11.6 Å². The fourth-order valence-corrected chi connectivity index (χ4v) is 2.60. The summed E-state index contributed by atoms with van der Waals surface area (Å²) in [5, 5.41) is 10.0. The number of halogens is 1. The van der Waals surface area contributed by atoms with Crippen LogP contribution < -0.4 is 21.5 Å². The van der Waals surface area contributed by atoms with E-state index in [2.05, 4.69) is 0 Å². The second kappa shape index (κ2) is 8.44. The highest BCUT2D eigenvalue weighted by molar-refractivity contribution is 5.95. The molecule has 10 heteroatoms. The van der Waals surface area contributed by atoms with E-state index >= 15 is 0 Å². The van der Waals surface area contributed by atoms with Crippen LogP contribution in [-0.2, 0) is 9.53 Å². The van der Waals surface area contributed by atoms with Crippen LogP contribution in [0.1, 0.15) is 20.8 Å². The number of hydrogen-bond donors (Lipinski definition) is 3. The Morgan fingerprint density at radius 1 is 1.39 bits per heavy atom. The number of amides is 2. The predicted molar refractivity (Wildman–Crippen MR) is 103 cm³/mol. The number of piperazine rings is 1. The molecule has 1 aromatic carbocycles. The molecule has 0 aliphatic carbocycles. The van der Waals surface area contributed by atoms with E-state index in [-0.39, 0.29) is 37.6 Å². The molecule has 28 heavy (non-hydrogen) atoms. The monoisotopic (exact) mass is 395 g/mol. The lowest BCUT2D eigenvalue weighted by atomic mass is 10.2. The van der Waals surface area contributed by atoms with Gasteiger partial charge in [0.1, 0.15) is 11.4 Å². The minimum atomic E-state index is -0.710. The number of aliphatic hydroxyl groups excluding tert-OH is 1. The van der Waals surface area contributed by atoms with Crippen molar-refractivity contribution in [3.63, 3.8) is 0 Å². The number of benzene rings is 1. The van der Waals surface area contributed by atoms with Gasteiger partial charge in [-0.2, -0.15) is 0 Å². The highest BCUT2D eigenvalue weighted by Gasteiger charge is 2.32. The van der Waals surface area contributed by atoms with Gasteiger partial charge in [0, 0.05) is 25.4 Å². The molecule has 0 unspecified atom stereocenters. The van der Waals surface area contributed by atoms with Crippen molar-refractivity contribution in [1.82, 2.24) is 4.90 Å². The van der Waals surface area contributed by atoms with Crippen molar-refractivity contribution in [3.8, 4) is 0 Å². The highest BCUT2D eigenvalue weighted by Crippen LogP contribution is 2.26. The van der Waals surface area contributed by atoms with Crippen molar-refractivity contribution in [2.75, 3.05) is 36.1 Å². The number of hydrazine groups is 1. The van der Waals surface area contributed by atoms with Gasteiger partial charge in [-0.05, 0) is 32.9 Å². The number of carbonyl (C=O) groups excluding carboxylic acids is 2. The van der Waals surface area contributed by atoms with E-state index in [4.69, 9.17) is 21.4 Å². The maximum absolute atomic E-state index is 14.6. The van der Waals surface area contributed by atoms with Crippen molar-refractivity contribution in [2.45, 2.75) is 26.4 Å². The molecular weight excluding hydrogens is 369 g/mol. The standard InChI is InChI=1S/C18H26FN5O4/c1-18(2,3)28-17(27)23-7-6-22(10-16(23)26)15-5-4-13(8-14(15)19)24(21)9-12(20)11-25/h4-5,8-9,25H,6-7,10-11,20-21H2,1-3H3/b12-9-. The summed E-state index contributed by atoms with van der Waals surface area (Å²) in [4.78, 5) is 27.0. The molecule has 0 aromatic heterocycles. The highest BCUT2D eigenvalue weighted by atomic mass is 19.1. The first kappa shape index (κ1) is 21.5. The number of nitrogens with zero attached hydrogens (tertiary/aromatic N) is 3. The first-order valence-corrected chi connectivity index (χ1v) is 8.70. The normalized spacial score (nSPS) is 15.6. The van der Waals surface area contributed by atoms with Gasteiger partial charge in [0.15, 0.2) is 0 Å². The lowest BCUT2D eigenvalue weighted by Crippen LogP contribution is -2.53. The second-order valence-electron chi connectivity index (χ2n) is 7.35. The average Bonchev–Trinajstić information content (AvgIpc) is 2.59. The predicted octanol–water partition coefficient (Wildman–Crippen LogP) is 0.882. The smallest absolute Gasteiger partial charge is 0.417 e. The maximum atomic E-state index is 14.6. The lowest BCUT2D eigenvalue weighted by molar-refractivity contribution is -0.130. The van der Waals surface area contributed by atoms with Crippen molar-refractivity contribution >= 4 is 23.4 Å². The third-order valence-electron chi connectivity index (χ3n) is 3.89. The zero-order chi connectivity index (χ0) is 21.1. The van der Waals surface area contributed by atoms with Gasteiger partial charge < -0.3 is 20.5 Å². The zero-order valence-electron chi connectivity index (χ0n) is 16.2. The number of imide groups is 1. The third kappa shape index (κ3) is 5.33. The Hall–Kier alpha value is -2.85. The van der Waals surface area contributed by atoms with E-state index in [1.165, 1.54) is 18.3 Å². The van der Waals surface area contributed by atoms with Gasteiger partial charge in [0.25, 0.3) is 5.91 Å². The molecule has 1 heterocycles. The van der Waals surface area contributed by atoms with E-state index in [0.29, 0.717) is 5.69 Å². The first-order valence-electron chi connectivity index (χ1n) is 8.70. The summed E-state index contributed by atoms with van der Waals surface area (Å²) < 4.78 is 19.8. The average molecular weight is 395 g/mol. The fraction of sp³-hybridized carbons (Fsp3) is 0.444. The van der Waals surface area contributed by atoms with E-state index in [1.54, 1.807) is 31.7 Å². The summed E-state index contributed by atoms with van der Waals surface area (Å²) in [6.45, 7) is 4.97.